The molecule has 0 saturated carbocycles. The molecule has 0 bridgehead atoms. The molecule has 0 radical (unpaired) electrons. The van der Waals surface area contributed by atoms with Crippen molar-refractivity contribution in [3.63, 3.8) is 0 Å². The number of fused-ring (bicyclic) bond motifs is 1. The molecule has 3 amide bonds. The number of nitrogens with zero attached hydrogens (tertiary/aromatic N) is 5. The van der Waals surface area contributed by atoms with Crippen LogP contribution in [0, 0.1) is 0 Å². The lowest BCUT2D eigenvalue weighted by Gasteiger charge is -2.30. The minimum Gasteiger partial charge on any atom is -0.379 e. The van der Waals surface area contributed by atoms with E-state index in [1.165, 1.54) is 11.9 Å². The Kier molecular flexibility index (Phi) is 6.43. The number of benzene rings is 1. The number of halogens is 1. The number of urea groups is 1. The molecule has 10 heteroatoms. The smallest absolute Gasteiger partial charge is 0.358 e. The Balaban J connectivity index is 1.59. The summed E-state index contributed by atoms with van der Waals surface area (Å²) in [6.07, 6.45) is 0. The van der Waals surface area contributed by atoms with E-state index < -0.39 is 6.04 Å². The second-order valence-electron chi connectivity index (χ2n) is 7.42. The number of amides is 3. The van der Waals surface area contributed by atoms with Crippen LogP contribution in [0.25, 0.3) is 0 Å². The van der Waals surface area contributed by atoms with Gasteiger partial charge in [0.25, 0.3) is 17.8 Å². The molecule has 1 atom stereocenters. The van der Waals surface area contributed by atoms with Crippen molar-refractivity contribution in [1.29, 1.82) is 0 Å². The zero-order valence-corrected chi connectivity index (χ0v) is 18.7. The van der Waals surface area contributed by atoms with Crippen molar-refractivity contribution < 1.29 is 18.9 Å². The number of carbonyl (C=O) groups excluding carboxylic acids is 2. The Morgan fingerprint density at radius 1 is 1.20 bits per heavy atom. The van der Waals surface area contributed by atoms with Crippen LogP contribution in [0.3, 0.4) is 0 Å². The third-order valence-electron chi connectivity index (χ3n) is 5.54. The maximum Gasteiger partial charge on any atom is 0.358 e. The number of hydrogen-bond acceptors (Lipinski definition) is 6. The van der Waals surface area contributed by atoms with E-state index in [-0.39, 0.29) is 11.9 Å². The van der Waals surface area contributed by atoms with E-state index in [2.05, 4.69) is 4.90 Å². The number of imide groups is 1. The highest BCUT2D eigenvalue weighted by Gasteiger charge is 2.53. The summed E-state index contributed by atoms with van der Waals surface area (Å²) in [5.41, 5.74) is 0.914. The number of likely N-dealkylation sites (N-methyl/N-ethyl adjacent to an activating group) is 2. The first-order chi connectivity index (χ1) is 14.5. The van der Waals surface area contributed by atoms with Gasteiger partial charge in [-0.05, 0) is 22.8 Å². The van der Waals surface area contributed by atoms with Gasteiger partial charge in [0.2, 0.25) is 0 Å². The SMILES string of the molecule is CN1C(=O)C2C(=NC(SCCN3CCOCC3)=[N+]2Cc2ccccc2Cl)N(C)C1=O. The van der Waals surface area contributed by atoms with Gasteiger partial charge in [-0.25, -0.2) is 9.37 Å². The number of carbonyl (C=O) groups is 2. The van der Waals surface area contributed by atoms with Gasteiger partial charge in [-0.15, -0.1) is 0 Å². The van der Waals surface area contributed by atoms with Crippen LogP contribution in [0.5, 0.6) is 0 Å². The second-order valence-corrected chi connectivity index (χ2v) is 8.89. The van der Waals surface area contributed by atoms with Crippen LogP contribution in [-0.2, 0) is 16.1 Å². The molecule has 1 aromatic rings. The molecular weight excluding hydrogens is 426 g/mol. The first-order valence-corrected chi connectivity index (χ1v) is 11.3. The van der Waals surface area contributed by atoms with Crippen LogP contribution in [-0.4, -0.2) is 101 Å². The van der Waals surface area contributed by atoms with Gasteiger partial charge in [0.1, 0.15) is 6.54 Å². The van der Waals surface area contributed by atoms with E-state index >= 15 is 0 Å². The molecule has 0 aromatic heterocycles. The molecule has 4 rings (SSSR count). The number of morpholine rings is 1. The highest BCUT2D eigenvalue weighted by Crippen LogP contribution is 2.26. The maximum absolute atomic E-state index is 13.0. The quantitative estimate of drug-likeness (QED) is 0.637. The monoisotopic (exact) mass is 450 g/mol. The van der Waals surface area contributed by atoms with E-state index in [1.807, 2.05) is 28.8 Å². The molecule has 3 heterocycles. The largest absolute Gasteiger partial charge is 0.379 e. The van der Waals surface area contributed by atoms with Crippen LogP contribution in [0.2, 0.25) is 5.02 Å². The Hall–Kier alpha value is -1.94. The topological polar surface area (TPSA) is 68.5 Å². The molecule has 1 aromatic carbocycles. The fourth-order valence-electron chi connectivity index (χ4n) is 3.75. The van der Waals surface area contributed by atoms with Crippen molar-refractivity contribution in [2.45, 2.75) is 12.6 Å². The highest BCUT2D eigenvalue weighted by atomic mass is 35.5. The Morgan fingerprint density at radius 3 is 2.67 bits per heavy atom. The van der Waals surface area contributed by atoms with Gasteiger partial charge in [-0.3, -0.25) is 19.5 Å². The summed E-state index contributed by atoms with van der Waals surface area (Å²) in [5, 5.41) is 1.39. The van der Waals surface area contributed by atoms with Gasteiger partial charge in [-0.1, -0.05) is 29.8 Å². The van der Waals surface area contributed by atoms with E-state index in [1.54, 1.807) is 18.8 Å². The second kappa shape index (κ2) is 9.05. The van der Waals surface area contributed by atoms with Crippen LogP contribution < -0.4 is 0 Å². The van der Waals surface area contributed by atoms with Crippen molar-refractivity contribution in [1.82, 2.24) is 14.7 Å². The summed E-state index contributed by atoms with van der Waals surface area (Å²) in [4.78, 5) is 35.1. The van der Waals surface area contributed by atoms with Gasteiger partial charge >= 0.3 is 11.2 Å². The van der Waals surface area contributed by atoms with Gasteiger partial charge in [-0.2, -0.15) is 0 Å². The van der Waals surface area contributed by atoms with Crippen LogP contribution in [0.15, 0.2) is 29.3 Å². The number of hydrogen-bond donors (Lipinski definition) is 0. The molecule has 0 N–H and O–H groups in total. The summed E-state index contributed by atoms with van der Waals surface area (Å²) in [6.45, 7) is 4.73. The summed E-state index contributed by atoms with van der Waals surface area (Å²) in [5.74, 6) is 1.04. The van der Waals surface area contributed by atoms with E-state index in [4.69, 9.17) is 21.3 Å². The van der Waals surface area contributed by atoms with Crippen molar-refractivity contribution in [2.24, 2.45) is 4.99 Å². The zero-order valence-electron chi connectivity index (χ0n) is 17.1. The van der Waals surface area contributed by atoms with Gasteiger partial charge in [0.05, 0.1) is 13.2 Å². The first kappa shape index (κ1) is 21.3. The molecule has 2 saturated heterocycles. The number of aliphatic imine (C=N–C) groups is 1. The molecule has 160 valence electrons. The van der Waals surface area contributed by atoms with Crippen LogP contribution >= 0.6 is 23.4 Å². The molecule has 1 unspecified atom stereocenters. The number of amidine groups is 2. The average Bonchev–Trinajstić information content (AvgIpc) is 3.11. The minimum atomic E-state index is -0.625. The maximum atomic E-state index is 13.0. The number of ether oxygens (including phenoxy) is 1. The summed E-state index contributed by atoms with van der Waals surface area (Å²) < 4.78 is 7.37. The fourth-order valence-corrected chi connectivity index (χ4v) is 4.97. The normalized spacial score (nSPS) is 22.6. The molecule has 3 aliphatic rings. The minimum absolute atomic E-state index is 0.271. The Bertz CT molecular complexity index is 915. The molecule has 2 fully saturated rings. The van der Waals surface area contributed by atoms with Crippen LogP contribution in [0.1, 0.15) is 5.56 Å². The van der Waals surface area contributed by atoms with E-state index in [9.17, 15) is 9.59 Å². The van der Waals surface area contributed by atoms with E-state index in [0.29, 0.717) is 17.4 Å². The number of thioether (sulfide) groups is 1. The molecule has 3 aliphatic heterocycles. The molecular formula is C20H25ClN5O3S+. The highest BCUT2D eigenvalue weighted by molar-refractivity contribution is 8.13. The first-order valence-electron chi connectivity index (χ1n) is 9.91. The summed E-state index contributed by atoms with van der Waals surface area (Å²) in [7, 11) is 3.17. The fraction of sp³-hybridized carbons (Fsp3) is 0.500. The van der Waals surface area contributed by atoms with Gasteiger partial charge in [0.15, 0.2) is 0 Å². The van der Waals surface area contributed by atoms with Crippen molar-refractivity contribution in [2.75, 3.05) is 52.7 Å². The average molecular weight is 451 g/mol. The predicted molar refractivity (Wildman–Crippen MR) is 117 cm³/mol. The molecule has 0 aliphatic carbocycles. The standard InChI is InChI=1S/C20H25ClN5O3S/c1-23-17-16(18(27)24(2)20(23)28)26(13-14-5-3-4-6-15(14)21)19(22-17)30-12-9-25-7-10-29-11-8-25/h3-6,16H,7-13H2,1-2H3/q+1. The van der Waals surface area contributed by atoms with Gasteiger partial charge in [0, 0.05) is 50.1 Å². The van der Waals surface area contributed by atoms with Crippen molar-refractivity contribution >= 4 is 46.3 Å². The number of rotatable bonds is 5. The lowest BCUT2D eigenvalue weighted by molar-refractivity contribution is -0.548. The van der Waals surface area contributed by atoms with Crippen molar-refractivity contribution in [3.8, 4) is 0 Å². The van der Waals surface area contributed by atoms with Crippen LogP contribution in [0.4, 0.5) is 4.79 Å². The molecule has 8 nitrogen and oxygen atoms in total. The molecule has 0 spiro atoms. The van der Waals surface area contributed by atoms with E-state index in [0.717, 1.165) is 54.2 Å². The third kappa shape index (κ3) is 4.12. The predicted octanol–water partition coefficient (Wildman–Crippen LogP) is 1.58. The lowest BCUT2D eigenvalue weighted by atomic mass is 10.1. The van der Waals surface area contributed by atoms with Crippen molar-refractivity contribution in [3.05, 3.63) is 34.9 Å². The Labute approximate surface area is 185 Å². The lowest BCUT2D eigenvalue weighted by Crippen LogP contribution is -2.61. The summed E-state index contributed by atoms with van der Waals surface area (Å²) in [6, 6.07) is 6.60. The third-order valence-corrected chi connectivity index (χ3v) is 6.87. The molecule has 30 heavy (non-hydrogen) atoms. The Morgan fingerprint density at radius 2 is 1.93 bits per heavy atom. The zero-order chi connectivity index (χ0) is 21.3. The summed E-state index contributed by atoms with van der Waals surface area (Å²) >= 11 is 7.99. The van der Waals surface area contributed by atoms with Gasteiger partial charge < -0.3 is 4.74 Å².